The average molecular weight is 249 g/mol. The Labute approximate surface area is 109 Å². The van der Waals surface area contributed by atoms with Gasteiger partial charge < -0.3 is 16.8 Å². The zero-order chi connectivity index (χ0) is 13.7. The van der Waals surface area contributed by atoms with Crippen LogP contribution in [0.15, 0.2) is 18.2 Å². The highest BCUT2D eigenvalue weighted by Gasteiger charge is 2.11. The average Bonchev–Trinajstić information content (AvgIpc) is 2.28. The predicted octanol–water partition coefficient (Wildman–Crippen LogP) is 2.60. The monoisotopic (exact) mass is 249 g/mol. The Hall–Kier alpha value is -1.71. The summed E-state index contributed by atoms with van der Waals surface area (Å²) >= 11 is 0. The number of carbonyl (C=O) groups is 1. The summed E-state index contributed by atoms with van der Waals surface area (Å²) in [4.78, 5) is 11.3. The van der Waals surface area contributed by atoms with Gasteiger partial charge in [0.05, 0.1) is 5.56 Å². The van der Waals surface area contributed by atoms with Crippen LogP contribution < -0.4 is 16.8 Å². The molecule has 100 valence electrons. The fraction of sp³-hybridized carbons (Fsp3) is 0.500. The smallest absolute Gasteiger partial charge is 0.250 e. The summed E-state index contributed by atoms with van der Waals surface area (Å²) in [6.07, 6.45) is 2.20. The van der Waals surface area contributed by atoms with E-state index in [1.165, 1.54) is 0 Å². The topological polar surface area (TPSA) is 81.1 Å². The Morgan fingerprint density at radius 1 is 1.28 bits per heavy atom. The lowest BCUT2D eigenvalue weighted by Gasteiger charge is -2.18. The van der Waals surface area contributed by atoms with Crippen molar-refractivity contribution < 1.29 is 4.79 Å². The Morgan fingerprint density at radius 3 is 2.50 bits per heavy atom. The minimum atomic E-state index is -0.458. The van der Waals surface area contributed by atoms with Crippen molar-refractivity contribution in [2.24, 2.45) is 11.7 Å². The van der Waals surface area contributed by atoms with Crippen LogP contribution in [0, 0.1) is 5.92 Å². The number of hydrogen-bond acceptors (Lipinski definition) is 3. The van der Waals surface area contributed by atoms with E-state index < -0.39 is 5.91 Å². The third kappa shape index (κ3) is 4.28. The first-order valence-electron chi connectivity index (χ1n) is 6.36. The number of rotatable bonds is 6. The number of carbonyl (C=O) groups excluding carboxylic acids is 1. The van der Waals surface area contributed by atoms with E-state index in [4.69, 9.17) is 11.5 Å². The van der Waals surface area contributed by atoms with Gasteiger partial charge in [0.1, 0.15) is 0 Å². The molecule has 0 saturated heterocycles. The Bertz CT molecular complexity index is 416. The molecule has 0 aromatic heterocycles. The number of benzene rings is 1. The van der Waals surface area contributed by atoms with Gasteiger partial charge in [-0.05, 0) is 43.9 Å². The van der Waals surface area contributed by atoms with E-state index in [9.17, 15) is 4.79 Å². The van der Waals surface area contributed by atoms with E-state index in [0.717, 1.165) is 18.5 Å². The molecule has 1 aromatic rings. The van der Waals surface area contributed by atoms with Crippen LogP contribution in [-0.2, 0) is 0 Å². The number of nitrogen functional groups attached to an aromatic ring is 1. The summed E-state index contributed by atoms with van der Waals surface area (Å²) in [7, 11) is 0. The Morgan fingerprint density at radius 2 is 1.94 bits per heavy atom. The van der Waals surface area contributed by atoms with Crippen molar-refractivity contribution in [1.82, 2.24) is 0 Å². The predicted molar refractivity (Wildman–Crippen MR) is 76.5 cm³/mol. The first-order valence-corrected chi connectivity index (χ1v) is 6.36. The van der Waals surface area contributed by atoms with Crippen molar-refractivity contribution in [2.75, 3.05) is 11.1 Å². The van der Waals surface area contributed by atoms with Crippen LogP contribution in [0.4, 0.5) is 11.4 Å². The third-order valence-electron chi connectivity index (χ3n) is 2.89. The van der Waals surface area contributed by atoms with Crippen molar-refractivity contribution in [3.8, 4) is 0 Å². The second-order valence-corrected chi connectivity index (χ2v) is 5.19. The number of hydrogen-bond donors (Lipinski definition) is 3. The van der Waals surface area contributed by atoms with Gasteiger partial charge in [0, 0.05) is 17.4 Å². The first kappa shape index (κ1) is 14.4. The van der Waals surface area contributed by atoms with Crippen molar-refractivity contribution in [1.29, 1.82) is 0 Å². The first-order chi connectivity index (χ1) is 8.40. The van der Waals surface area contributed by atoms with E-state index in [1.807, 2.05) is 0 Å². The van der Waals surface area contributed by atoms with Gasteiger partial charge in [0.15, 0.2) is 0 Å². The maximum Gasteiger partial charge on any atom is 0.250 e. The van der Waals surface area contributed by atoms with Gasteiger partial charge in [0.2, 0.25) is 0 Å². The quantitative estimate of drug-likeness (QED) is 0.678. The molecule has 0 aliphatic rings. The zero-order valence-electron chi connectivity index (χ0n) is 11.4. The largest absolute Gasteiger partial charge is 0.399 e. The van der Waals surface area contributed by atoms with Crippen LogP contribution in [0.25, 0.3) is 0 Å². The van der Waals surface area contributed by atoms with Crippen LogP contribution in [0.2, 0.25) is 0 Å². The molecule has 18 heavy (non-hydrogen) atoms. The summed E-state index contributed by atoms with van der Waals surface area (Å²) in [5.74, 6) is 0.220. The van der Waals surface area contributed by atoms with Gasteiger partial charge in [-0.25, -0.2) is 0 Å². The minimum absolute atomic E-state index is 0.300. The molecule has 5 N–H and O–H groups in total. The normalized spacial score (nSPS) is 12.4. The SMILES string of the molecule is CC(C)CCC(C)Nc1ccc(N)cc1C(N)=O. The second-order valence-electron chi connectivity index (χ2n) is 5.19. The van der Waals surface area contributed by atoms with Gasteiger partial charge in [-0.2, -0.15) is 0 Å². The molecule has 0 aliphatic carbocycles. The molecule has 0 bridgehead atoms. The molecular formula is C14H23N3O. The van der Waals surface area contributed by atoms with Crippen LogP contribution in [0.1, 0.15) is 44.0 Å². The number of anilines is 2. The van der Waals surface area contributed by atoms with Crippen molar-refractivity contribution in [3.63, 3.8) is 0 Å². The molecule has 0 spiro atoms. The Kier molecular flexibility index (Phi) is 5.01. The van der Waals surface area contributed by atoms with Crippen LogP contribution in [-0.4, -0.2) is 11.9 Å². The molecule has 1 unspecified atom stereocenters. The number of nitrogens with two attached hydrogens (primary N) is 2. The molecule has 0 aliphatic heterocycles. The van der Waals surface area contributed by atoms with Gasteiger partial charge in [0.25, 0.3) is 5.91 Å². The van der Waals surface area contributed by atoms with E-state index in [2.05, 4.69) is 26.1 Å². The van der Waals surface area contributed by atoms with E-state index in [1.54, 1.807) is 18.2 Å². The van der Waals surface area contributed by atoms with Gasteiger partial charge in [-0.3, -0.25) is 4.79 Å². The number of amides is 1. The molecule has 0 fully saturated rings. The van der Waals surface area contributed by atoms with Crippen molar-refractivity contribution in [3.05, 3.63) is 23.8 Å². The van der Waals surface area contributed by atoms with E-state index >= 15 is 0 Å². The van der Waals surface area contributed by atoms with Crippen molar-refractivity contribution >= 4 is 17.3 Å². The molecular weight excluding hydrogens is 226 g/mol. The lowest BCUT2D eigenvalue weighted by molar-refractivity contribution is 0.100. The molecule has 1 atom stereocenters. The summed E-state index contributed by atoms with van der Waals surface area (Å²) in [5.41, 5.74) is 12.8. The minimum Gasteiger partial charge on any atom is -0.399 e. The number of primary amides is 1. The lowest BCUT2D eigenvalue weighted by Crippen LogP contribution is -2.20. The highest BCUT2D eigenvalue weighted by atomic mass is 16.1. The zero-order valence-corrected chi connectivity index (χ0v) is 11.4. The fourth-order valence-corrected chi connectivity index (χ4v) is 1.81. The molecule has 0 radical (unpaired) electrons. The standard InChI is InChI=1S/C14H23N3O/c1-9(2)4-5-10(3)17-13-7-6-11(15)8-12(13)14(16)18/h6-10,17H,4-5,15H2,1-3H3,(H2,16,18). The second kappa shape index (κ2) is 6.28. The Balaban J connectivity index is 2.74. The van der Waals surface area contributed by atoms with Gasteiger partial charge >= 0.3 is 0 Å². The maximum atomic E-state index is 11.3. The molecule has 0 heterocycles. The van der Waals surface area contributed by atoms with E-state index in [0.29, 0.717) is 23.2 Å². The van der Waals surface area contributed by atoms with Crippen LogP contribution in [0.3, 0.4) is 0 Å². The fourth-order valence-electron chi connectivity index (χ4n) is 1.81. The molecule has 4 heteroatoms. The number of nitrogens with one attached hydrogen (secondary N) is 1. The highest BCUT2D eigenvalue weighted by Crippen LogP contribution is 2.20. The summed E-state index contributed by atoms with van der Waals surface area (Å²) < 4.78 is 0. The van der Waals surface area contributed by atoms with Crippen LogP contribution >= 0.6 is 0 Å². The lowest BCUT2D eigenvalue weighted by atomic mass is 10.0. The van der Waals surface area contributed by atoms with E-state index in [-0.39, 0.29) is 0 Å². The molecule has 1 aromatic carbocycles. The van der Waals surface area contributed by atoms with Gasteiger partial charge in [-0.15, -0.1) is 0 Å². The molecule has 0 saturated carbocycles. The van der Waals surface area contributed by atoms with Crippen LogP contribution in [0.5, 0.6) is 0 Å². The maximum absolute atomic E-state index is 11.3. The van der Waals surface area contributed by atoms with Crippen molar-refractivity contribution in [2.45, 2.75) is 39.7 Å². The summed E-state index contributed by atoms with van der Waals surface area (Å²) in [6.45, 7) is 6.50. The van der Waals surface area contributed by atoms with Gasteiger partial charge in [-0.1, -0.05) is 13.8 Å². The molecule has 1 rings (SSSR count). The third-order valence-corrected chi connectivity index (χ3v) is 2.89. The summed E-state index contributed by atoms with van der Waals surface area (Å²) in [6, 6.07) is 5.49. The highest BCUT2D eigenvalue weighted by molar-refractivity contribution is 5.99. The molecule has 1 amide bonds. The summed E-state index contributed by atoms with van der Waals surface area (Å²) in [5, 5.41) is 3.32. The molecule has 4 nitrogen and oxygen atoms in total.